The molecule has 15 heavy (non-hydrogen) atoms. The molecule has 1 aliphatic heterocycles. The zero-order chi connectivity index (χ0) is 10.7. The first-order valence-corrected chi connectivity index (χ1v) is 5.80. The van der Waals surface area contributed by atoms with Crippen molar-refractivity contribution in [2.24, 2.45) is 5.41 Å². The molecule has 0 aromatic heterocycles. The number of hydrogen-bond acceptors (Lipinski definition) is 2. The highest BCUT2D eigenvalue weighted by atomic mass is 16.5. The third kappa shape index (κ3) is 1.87. The minimum absolute atomic E-state index is 0.599. The number of aliphatic carboxylic acids is 1. The van der Waals surface area contributed by atoms with E-state index in [0.717, 1.165) is 50.7 Å². The zero-order valence-electron chi connectivity index (χ0n) is 9.00. The molecule has 0 bridgehead atoms. The number of rotatable bonds is 2. The molecule has 0 radical (unpaired) electrons. The van der Waals surface area contributed by atoms with E-state index in [0.29, 0.717) is 0 Å². The van der Waals surface area contributed by atoms with Crippen LogP contribution in [0, 0.1) is 5.41 Å². The standard InChI is InChI=1S/C12H18O3/c13-11(14)12(6-2-1-3-7-12)10-5-4-8-15-9-10/h9H,1-8H2,(H,13,14). The fourth-order valence-corrected chi connectivity index (χ4v) is 2.74. The highest BCUT2D eigenvalue weighted by molar-refractivity contribution is 5.78. The molecule has 0 saturated heterocycles. The van der Waals surface area contributed by atoms with Gasteiger partial charge in [-0.2, -0.15) is 0 Å². The number of ether oxygens (including phenoxy) is 1. The van der Waals surface area contributed by atoms with Crippen LogP contribution in [0.4, 0.5) is 0 Å². The first-order valence-electron chi connectivity index (χ1n) is 5.80. The summed E-state index contributed by atoms with van der Waals surface area (Å²) in [4.78, 5) is 11.5. The van der Waals surface area contributed by atoms with Crippen molar-refractivity contribution in [2.45, 2.75) is 44.9 Å². The lowest BCUT2D eigenvalue weighted by molar-refractivity contribution is -0.148. The largest absolute Gasteiger partial charge is 0.501 e. The average Bonchev–Trinajstić information content (AvgIpc) is 2.31. The first kappa shape index (κ1) is 10.5. The van der Waals surface area contributed by atoms with Gasteiger partial charge in [-0.15, -0.1) is 0 Å². The molecule has 0 aromatic carbocycles. The van der Waals surface area contributed by atoms with Crippen LogP contribution >= 0.6 is 0 Å². The van der Waals surface area contributed by atoms with Crippen LogP contribution in [0.3, 0.4) is 0 Å². The number of carboxylic acids is 1. The normalized spacial score (nSPS) is 25.2. The second kappa shape index (κ2) is 4.25. The Bertz CT molecular complexity index is 275. The molecule has 1 N–H and O–H groups in total. The Morgan fingerprint density at radius 3 is 2.53 bits per heavy atom. The highest BCUT2D eigenvalue weighted by Crippen LogP contribution is 2.45. The van der Waals surface area contributed by atoms with E-state index in [1.807, 2.05) is 0 Å². The molecule has 0 spiro atoms. The average molecular weight is 210 g/mol. The molecule has 3 heteroatoms. The lowest BCUT2D eigenvalue weighted by atomic mass is 9.68. The molecule has 0 aromatic rings. The second-order valence-electron chi connectivity index (χ2n) is 4.57. The van der Waals surface area contributed by atoms with Crippen LogP contribution in [0.15, 0.2) is 11.8 Å². The molecule has 2 aliphatic rings. The van der Waals surface area contributed by atoms with E-state index in [1.165, 1.54) is 6.42 Å². The summed E-state index contributed by atoms with van der Waals surface area (Å²) in [6.07, 6.45) is 8.38. The van der Waals surface area contributed by atoms with Gasteiger partial charge in [0, 0.05) is 0 Å². The summed E-state index contributed by atoms with van der Waals surface area (Å²) in [6, 6.07) is 0. The lowest BCUT2D eigenvalue weighted by Gasteiger charge is -2.36. The van der Waals surface area contributed by atoms with Crippen molar-refractivity contribution in [3.05, 3.63) is 11.8 Å². The van der Waals surface area contributed by atoms with E-state index in [4.69, 9.17) is 4.74 Å². The zero-order valence-corrected chi connectivity index (χ0v) is 9.00. The molecule has 1 heterocycles. The summed E-state index contributed by atoms with van der Waals surface area (Å²) >= 11 is 0. The van der Waals surface area contributed by atoms with Crippen molar-refractivity contribution in [3.63, 3.8) is 0 Å². The van der Waals surface area contributed by atoms with Gasteiger partial charge in [0.2, 0.25) is 0 Å². The Labute approximate surface area is 90.1 Å². The van der Waals surface area contributed by atoms with E-state index in [2.05, 4.69) is 0 Å². The van der Waals surface area contributed by atoms with Crippen LogP contribution in [-0.2, 0) is 9.53 Å². The molecular formula is C12H18O3. The van der Waals surface area contributed by atoms with Gasteiger partial charge in [0.25, 0.3) is 0 Å². The van der Waals surface area contributed by atoms with E-state index < -0.39 is 11.4 Å². The molecule has 1 aliphatic carbocycles. The fourth-order valence-electron chi connectivity index (χ4n) is 2.74. The molecule has 3 nitrogen and oxygen atoms in total. The number of carbonyl (C=O) groups is 1. The van der Waals surface area contributed by atoms with Crippen molar-refractivity contribution < 1.29 is 14.6 Å². The van der Waals surface area contributed by atoms with Gasteiger partial charge in [-0.1, -0.05) is 19.3 Å². The lowest BCUT2D eigenvalue weighted by Crippen LogP contribution is -2.36. The van der Waals surface area contributed by atoms with Crippen LogP contribution in [0.2, 0.25) is 0 Å². The van der Waals surface area contributed by atoms with E-state index >= 15 is 0 Å². The van der Waals surface area contributed by atoms with Crippen LogP contribution in [-0.4, -0.2) is 17.7 Å². The summed E-state index contributed by atoms with van der Waals surface area (Å²) in [5.41, 5.74) is 0.416. The second-order valence-corrected chi connectivity index (χ2v) is 4.57. The van der Waals surface area contributed by atoms with Gasteiger partial charge >= 0.3 is 5.97 Å². The predicted molar refractivity (Wildman–Crippen MR) is 56.4 cm³/mol. The SMILES string of the molecule is O=C(O)C1(C2=COCCC2)CCCCC1. The van der Waals surface area contributed by atoms with Crippen molar-refractivity contribution in [2.75, 3.05) is 6.61 Å². The highest BCUT2D eigenvalue weighted by Gasteiger charge is 2.43. The smallest absolute Gasteiger partial charge is 0.313 e. The maximum atomic E-state index is 11.5. The van der Waals surface area contributed by atoms with Crippen molar-refractivity contribution in [1.82, 2.24) is 0 Å². The predicted octanol–water partition coefficient (Wildman–Crippen LogP) is 2.72. The third-order valence-electron chi connectivity index (χ3n) is 3.67. The Morgan fingerprint density at radius 1 is 1.27 bits per heavy atom. The molecule has 1 fully saturated rings. The molecule has 0 atom stereocenters. The Balaban J connectivity index is 2.24. The summed E-state index contributed by atoms with van der Waals surface area (Å²) < 4.78 is 5.29. The van der Waals surface area contributed by atoms with E-state index in [1.54, 1.807) is 6.26 Å². The van der Waals surface area contributed by atoms with Crippen LogP contribution in [0.5, 0.6) is 0 Å². The summed E-state index contributed by atoms with van der Waals surface area (Å²) in [7, 11) is 0. The van der Waals surface area contributed by atoms with E-state index in [-0.39, 0.29) is 0 Å². The van der Waals surface area contributed by atoms with Crippen LogP contribution < -0.4 is 0 Å². The first-order chi connectivity index (χ1) is 7.26. The van der Waals surface area contributed by atoms with Crippen LogP contribution in [0.1, 0.15) is 44.9 Å². The van der Waals surface area contributed by atoms with Gasteiger partial charge in [0.05, 0.1) is 18.3 Å². The van der Waals surface area contributed by atoms with Gasteiger partial charge in [0.1, 0.15) is 0 Å². The Kier molecular flexibility index (Phi) is 2.98. The molecule has 1 saturated carbocycles. The quantitative estimate of drug-likeness (QED) is 0.762. The molecule has 0 amide bonds. The van der Waals surface area contributed by atoms with Crippen molar-refractivity contribution in [3.8, 4) is 0 Å². The fraction of sp³-hybridized carbons (Fsp3) is 0.750. The minimum Gasteiger partial charge on any atom is -0.501 e. The van der Waals surface area contributed by atoms with Crippen LogP contribution in [0.25, 0.3) is 0 Å². The van der Waals surface area contributed by atoms with Gasteiger partial charge in [-0.25, -0.2) is 0 Å². The summed E-state index contributed by atoms with van der Waals surface area (Å²) in [6.45, 7) is 0.735. The van der Waals surface area contributed by atoms with Gasteiger partial charge < -0.3 is 9.84 Å². The third-order valence-corrected chi connectivity index (χ3v) is 3.67. The molecule has 0 unspecified atom stereocenters. The monoisotopic (exact) mass is 210 g/mol. The van der Waals surface area contributed by atoms with Gasteiger partial charge in [0.15, 0.2) is 0 Å². The molecule has 2 rings (SSSR count). The Hall–Kier alpha value is -0.990. The van der Waals surface area contributed by atoms with Gasteiger partial charge in [-0.3, -0.25) is 4.79 Å². The van der Waals surface area contributed by atoms with Crippen molar-refractivity contribution in [1.29, 1.82) is 0 Å². The number of carboxylic acid groups (broad SMARTS) is 1. The van der Waals surface area contributed by atoms with Gasteiger partial charge in [-0.05, 0) is 31.3 Å². The topological polar surface area (TPSA) is 46.5 Å². The minimum atomic E-state index is -0.654. The summed E-state index contributed by atoms with van der Waals surface area (Å²) in [5.74, 6) is -0.654. The Morgan fingerprint density at radius 2 is 2.00 bits per heavy atom. The maximum Gasteiger partial charge on any atom is 0.313 e. The molecular weight excluding hydrogens is 192 g/mol. The molecule has 84 valence electrons. The van der Waals surface area contributed by atoms with E-state index in [9.17, 15) is 9.90 Å². The number of hydrogen-bond donors (Lipinski definition) is 1. The maximum absolute atomic E-state index is 11.5. The van der Waals surface area contributed by atoms with Crippen molar-refractivity contribution >= 4 is 5.97 Å². The summed E-state index contributed by atoms with van der Waals surface area (Å²) in [5, 5.41) is 9.44.